The Morgan fingerprint density at radius 1 is 0.957 bits per heavy atom. The number of aliphatic hydroxyl groups is 1. The van der Waals surface area contributed by atoms with E-state index in [9.17, 15) is 9.90 Å². The summed E-state index contributed by atoms with van der Waals surface area (Å²) in [5.41, 5.74) is 1.15. The first-order valence-corrected chi connectivity index (χ1v) is 7.32. The average Bonchev–Trinajstić information content (AvgIpc) is 2.63. The SMILES string of the molecule is C=CCOCC=C.O=C(c1ccccc1)C(O)c1ccccc1. The predicted octanol–water partition coefficient (Wildman–Crippen LogP) is 3.98. The number of carbonyl (C=O) groups excluding carboxylic acids is 1. The highest BCUT2D eigenvalue weighted by Crippen LogP contribution is 2.17. The maximum Gasteiger partial charge on any atom is 0.195 e. The monoisotopic (exact) mass is 310 g/mol. The van der Waals surface area contributed by atoms with Gasteiger partial charge < -0.3 is 9.84 Å². The van der Waals surface area contributed by atoms with Gasteiger partial charge in [-0.1, -0.05) is 72.8 Å². The third-order valence-electron chi connectivity index (χ3n) is 2.89. The van der Waals surface area contributed by atoms with E-state index >= 15 is 0 Å². The summed E-state index contributed by atoms with van der Waals surface area (Å²) in [6.07, 6.45) is 2.34. The van der Waals surface area contributed by atoms with Gasteiger partial charge in [0.25, 0.3) is 0 Å². The van der Waals surface area contributed by atoms with Crippen molar-refractivity contribution in [3.05, 3.63) is 97.1 Å². The Balaban J connectivity index is 0.000000322. The number of Topliss-reactive ketones (excluding diaryl/α,β-unsaturated/α-hetero) is 1. The van der Waals surface area contributed by atoms with E-state index < -0.39 is 6.10 Å². The fraction of sp³-hybridized carbons (Fsp3) is 0.150. The lowest BCUT2D eigenvalue weighted by molar-refractivity contribution is 0.0747. The van der Waals surface area contributed by atoms with Crippen molar-refractivity contribution in [1.82, 2.24) is 0 Å². The largest absolute Gasteiger partial charge is 0.380 e. The molecule has 1 N–H and O–H groups in total. The van der Waals surface area contributed by atoms with Crippen LogP contribution in [0.4, 0.5) is 0 Å². The maximum absolute atomic E-state index is 11.9. The lowest BCUT2D eigenvalue weighted by Gasteiger charge is -2.09. The van der Waals surface area contributed by atoms with Crippen molar-refractivity contribution in [2.45, 2.75) is 6.10 Å². The van der Waals surface area contributed by atoms with Gasteiger partial charge in [-0.05, 0) is 5.56 Å². The second-order valence-electron chi connectivity index (χ2n) is 4.66. The first-order valence-electron chi connectivity index (χ1n) is 7.32. The fourth-order valence-corrected chi connectivity index (χ4v) is 1.78. The van der Waals surface area contributed by atoms with E-state index in [1.807, 2.05) is 12.1 Å². The summed E-state index contributed by atoms with van der Waals surface area (Å²) in [5.74, 6) is -0.271. The smallest absolute Gasteiger partial charge is 0.195 e. The molecular formula is C20H22O3. The highest BCUT2D eigenvalue weighted by Gasteiger charge is 2.18. The third-order valence-corrected chi connectivity index (χ3v) is 2.89. The average molecular weight is 310 g/mol. The zero-order valence-corrected chi connectivity index (χ0v) is 13.1. The van der Waals surface area contributed by atoms with Gasteiger partial charge >= 0.3 is 0 Å². The van der Waals surface area contributed by atoms with E-state index in [0.717, 1.165) is 0 Å². The van der Waals surface area contributed by atoms with Crippen molar-refractivity contribution in [3.63, 3.8) is 0 Å². The highest BCUT2D eigenvalue weighted by atomic mass is 16.5. The van der Waals surface area contributed by atoms with Crippen LogP contribution in [0, 0.1) is 0 Å². The van der Waals surface area contributed by atoms with Crippen molar-refractivity contribution in [1.29, 1.82) is 0 Å². The quantitative estimate of drug-likeness (QED) is 0.478. The van der Waals surface area contributed by atoms with Crippen molar-refractivity contribution in [2.24, 2.45) is 0 Å². The van der Waals surface area contributed by atoms with Gasteiger partial charge in [-0.2, -0.15) is 0 Å². The Bertz CT molecular complexity index is 583. The zero-order chi connectivity index (χ0) is 16.9. The fourth-order valence-electron chi connectivity index (χ4n) is 1.78. The molecule has 0 spiro atoms. The number of hydrogen-bond donors (Lipinski definition) is 1. The molecule has 23 heavy (non-hydrogen) atoms. The molecule has 0 radical (unpaired) electrons. The molecule has 2 rings (SSSR count). The molecule has 0 saturated heterocycles. The molecule has 1 unspecified atom stereocenters. The van der Waals surface area contributed by atoms with Crippen molar-refractivity contribution >= 4 is 5.78 Å². The molecule has 2 aromatic carbocycles. The molecule has 3 nitrogen and oxygen atoms in total. The van der Waals surface area contributed by atoms with Gasteiger partial charge in [0.05, 0.1) is 13.2 Å². The summed E-state index contributed by atoms with van der Waals surface area (Å²) >= 11 is 0. The molecular weight excluding hydrogens is 288 g/mol. The molecule has 1 atom stereocenters. The van der Waals surface area contributed by atoms with Crippen LogP contribution in [0.5, 0.6) is 0 Å². The maximum atomic E-state index is 11.9. The van der Waals surface area contributed by atoms with Gasteiger partial charge in [0.1, 0.15) is 6.10 Å². The molecule has 0 saturated carbocycles. The normalized spacial score (nSPS) is 10.8. The Kier molecular flexibility index (Phi) is 8.98. The molecule has 0 aliphatic heterocycles. The highest BCUT2D eigenvalue weighted by molar-refractivity contribution is 5.99. The molecule has 0 aromatic heterocycles. The summed E-state index contributed by atoms with van der Waals surface area (Å²) in [6.45, 7) is 8.18. The van der Waals surface area contributed by atoms with Crippen LogP contribution in [0.15, 0.2) is 86.0 Å². The standard InChI is InChI=1S/C14H12O2.C6H10O/c15-13(11-7-3-1-4-8-11)14(16)12-9-5-2-6-10-12;1-3-5-7-6-4-2/h1-10,13,15H;3-4H,1-2,5-6H2. The first-order chi connectivity index (χ1) is 11.2. The molecule has 0 heterocycles. The van der Waals surface area contributed by atoms with E-state index in [0.29, 0.717) is 24.3 Å². The number of aliphatic hydroxyl groups excluding tert-OH is 1. The minimum absolute atomic E-state index is 0.271. The van der Waals surface area contributed by atoms with Crippen LogP contribution >= 0.6 is 0 Å². The van der Waals surface area contributed by atoms with E-state index in [4.69, 9.17) is 4.74 Å². The van der Waals surface area contributed by atoms with E-state index in [-0.39, 0.29) is 5.78 Å². The number of ketones is 1. The van der Waals surface area contributed by atoms with Gasteiger partial charge in [-0.3, -0.25) is 4.79 Å². The molecule has 0 bridgehead atoms. The summed E-state index contributed by atoms with van der Waals surface area (Å²) in [6, 6.07) is 17.7. The molecule has 2 aromatic rings. The Morgan fingerprint density at radius 3 is 1.91 bits per heavy atom. The molecule has 0 amide bonds. The van der Waals surface area contributed by atoms with Gasteiger partial charge in [0.2, 0.25) is 0 Å². The van der Waals surface area contributed by atoms with Crippen LogP contribution < -0.4 is 0 Å². The summed E-state index contributed by atoms with van der Waals surface area (Å²) in [5, 5.41) is 9.89. The van der Waals surface area contributed by atoms with Crippen molar-refractivity contribution < 1.29 is 14.6 Å². The molecule has 0 aliphatic rings. The summed E-state index contributed by atoms with van der Waals surface area (Å²) in [4.78, 5) is 11.9. The van der Waals surface area contributed by atoms with Gasteiger partial charge in [0.15, 0.2) is 5.78 Å². The zero-order valence-electron chi connectivity index (χ0n) is 13.1. The van der Waals surface area contributed by atoms with Gasteiger partial charge in [0, 0.05) is 5.56 Å². The molecule has 3 heteroatoms. The van der Waals surface area contributed by atoms with Crippen LogP contribution in [-0.2, 0) is 4.74 Å². The van der Waals surface area contributed by atoms with Crippen LogP contribution in [0.3, 0.4) is 0 Å². The van der Waals surface area contributed by atoms with Crippen LogP contribution in [0.25, 0.3) is 0 Å². The van der Waals surface area contributed by atoms with Crippen LogP contribution in [0.2, 0.25) is 0 Å². The Labute approximate surface area is 137 Å². The third kappa shape index (κ3) is 6.87. The number of hydrogen-bond acceptors (Lipinski definition) is 3. The van der Waals surface area contributed by atoms with Gasteiger partial charge in [-0.25, -0.2) is 0 Å². The van der Waals surface area contributed by atoms with Crippen LogP contribution in [0.1, 0.15) is 22.0 Å². The number of ether oxygens (including phenoxy) is 1. The first kappa shape index (κ1) is 18.6. The van der Waals surface area contributed by atoms with Crippen molar-refractivity contribution in [2.75, 3.05) is 13.2 Å². The minimum atomic E-state index is -1.08. The topological polar surface area (TPSA) is 46.5 Å². The second kappa shape index (κ2) is 11.1. The van der Waals surface area contributed by atoms with E-state index in [1.54, 1.807) is 60.7 Å². The van der Waals surface area contributed by atoms with Crippen LogP contribution in [-0.4, -0.2) is 24.1 Å². The summed E-state index contributed by atoms with van der Waals surface area (Å²) in [7, 11) is 0. The van der Waals surface area contributed by atoms with E-state index in [2.05, 4.69) is 13.2 Å². The minimum Gasteiger partial charge on any atom is -0.380 e. The lowest BCUT2D eigenvalue weighted by Crippen LogP contribution is -2.11. The van der Waals surface area contributed by atoms with Gasteiger partial charge in [-0.15, -0.1) is 13.2 Å². The second-order valence-corrected chi connectivity index (χ2v) is 4.66. The number of rotatable bonds is 7. The number of benzene rings is 2. The molecule has 120 valence electrons. The predicted molar refractivity (Wildman–Crippen MR) is 93.4 cm³/mol. The summed E-state index contributed by atoms with van der Waals surface area (Å²) < 4.78 is 4.90. The lowest BCUT2D eigenvalue weighted by atomic mass is 10.0. The molecule has 0 fully saturated rings. The Hall–Kier alpha value is -2.49. The van der Waals surface area contributed by atoms with Crippen molar-refractivity contribution in [3.8, 4) is 0 Å². The number of carbonyl (C=O) groups is 1. The molecule has 0 aliphatic carbocycles. The van der Waals surface area contributed by atoms with E-state index in [1.165, 1.54) is 0 Å². The Morgan fingerprint density at radius 2 is 1.43 bits per heavy atom.